The van der Waals surface area contributed by atoms with Crippen molar-refractivity contribution in [3.63, 3.8) is 0 Å². The maximum absolute atomic E-state index is 12.3. The molecule has 1 N–H and O–H groups in total. The highest BCUT2D eigenvalue weighted by atomic mass is 79.9. The third-order valence-electron chi connectivity index (χ3n) is 3.94. The van der Waals surface area contributed by atoms with Crippen LogP contribution in [0, 0.1) is 13.8 Å². The number of hydrogen-bond acceptors (Lipinski definition) is 3. The third-order valence-corrected chi connectivity index (χ3v) is 6.08. The summed E-state index contributed by atoms with van der Waals surface area (Å²) in [4.78, 5) is 12.3. The van der Waals surface area contributed by atoms with Gasteiger partial charge in [0.2, 0.25) is 5.91 Å². The molecule has 27 heavy (non-hydrogen) atoms. The number of nitrogens with one attached hydrogen (secondary N) is 1. The zero-order chi connectivity index (χ0) is 19.7. The topological polar surface area (TPSA) is 64.7 Å². The Kier molecular flexibility index (Phi) is 6.15. The van der Waals surface area contributed by atoms with Crippen LogP contribution in [-0.4, -0.2) is 25.5 Å². The number of aromatic nitrogens is 4. The van der Waals surface area contributed by atoms with Crippen LogP contribution >= 0.6 is 50.7 Å². The van der Waals surface area contributed by atoms with Crippen LogP contribution in [0.5, 0.6) is 0 Å². The molecule has 3 aromatic rings. The van der Waals surface area contributed by atoms with Crippen LogP contribution in [-0.2, 0) is 17.9 Å². The Balaban J connectivity index is 1.73. The fraction of sp³-hybridized carbons (Fsp3) is 0.235. The molecule has 0 aliphatic carbocycles. The Morgan fingerprint density at radius 1 is 1.15 bits per heavy atom. The van der Waals surface area contributed by atoms with Gasteiger partial charge in [-0.15, -0.1) is 0 Å². The summed E-state index contributed by atoms with van der Waals surface area (Å²) in [6.07, 6.45) is 1.61. The minimum absolute atomic E-state index is 0.0534. The van der Waals surface area contributed by atoms with Gasteiger partial charge in [-0.2, -0.15) is 10.2 Å². The van der Waals surface area contributed by atoms with Gasteiger partial charge in [-0.25, -0.2) is 0 Å². The average Bonchev–Trinajstić information content (AvgIpc) is 3.06. The Morgan fingerprint density at radius 2 is 1.81 bits per heavy atom. The zero-order valence-electron chi connectivity index (χ0n) is 14.4. The molecule has 0 bridgehead atoms. The Labute approximate surface area is 179 Å². The first kappa shape index (κ1) is 20.2. The summed E-state index contributed by atoms with van der Waals surface area (Å²) in [5.74, 6) is -0.0125. The predicted molar refractivity (Wildman–Crippen MR) is 111 cm³/mol. The number of benzene rings is 1. The fourth-order valence-electron chi connectivity index (χ4n) is 2.54. The normalized spacial score (nSPS) is 11.0. The van der Waals surface area contributed by atoms with Crippen LogP contribution in [0.4, 0.5) is 5.82 Å². The van der Waals surface area contributed by atoms with E-state index < -0.39 is 0 Å². The maximum Gasteiger partial charge on any atom is 0.247 e. The van der Waals surface area contributed by atoms with E-state index in [0.29, 0.717) is 21.6 Å². The van der Waals surface area contributed by atoms with E-state index in [1.54, 1.807) is 33.8 Å². The first-order valence-corrected chi connectivity index (χ1v) is 9.84. The Hall–Kier alpha value is -1.54. The number of amides is 1. The van der Waals surface area contributed by atoms with E-state index in [1.807, 2.05) is 13.8 Å². The second-order valence-corrected chi connectivity index (χ2v) is 7.93. The predicted octanol–water partition coefficient (Wildman–Crippen LogP) is 5.11. The largest absolute Gasteiger partial charge is 0.306 e. The number of carbonyl (C=O) groups is 1. The summed E-state index contributed by atoms with van der Waals surface area (Å²) in [6, 6.07) is 5.28. The smallest absolute Gasteiger partial charge is 0.247 e. The molecule has 1 amide bonds. The number of carbonyl (C=O) groups excluding carboxylic acids is 1. The van der Waals surface area contributed by atoms with Crippen LogP contribution in [0.15, 0.2) is 28.9 Å². The molecule has 0 unspecified atom stereocenters. The monoisotopic (exact) mass is 489 g/mol. The van der Waals surface area contributed by atoms with Crippen molar-refractivity contribution in [3.05, 3.63) is 60.9 Å². The van der Waals surface area contributed by atoms with Gasteiger partial charge in [0.1, 0.15) is 11.6 Å². The highest BCUT2D eigenvalue weighted by Gasteiger charge is 2.16. The van der Waals surface area contributed by atoms with Crippen molar-refractivity contribution in [3.8, 4) is 0 Å². The van der Waals surface area contributed by atoms with E-state index in [2.05, 4.69) is 31.4 Å². The summed E-state index contributed by atoms with van der Waals surface area (Å²) in [5, 5.41) is 12.7. The molecule has 2 aromatic heterocycles. The molecule has 0 fully saturated rings. The van der Waals surface area contributed by atoms with E-state index in [4.69, 9.17) is 34.8 Å². The Bertz CT molecular complexity index is 994. The molecule has 3 rings (SSSR count). The highest BCUT2D eigenvalue weighted by Crippen LogP contribution is 2.27. The lowest BCUT2D eigenvalue weighted by Gasteiger charge is -2.07. The van der Waals surface area contributed by atoms with E-state index >= 15 is 0 Å². The van der Waals surface area contributed by atoms with Gasteiger partial charge in [0.15, 0.2) is 5.82 Å². The van der Waals surface area contributed by atoms with E-state index in [-0.39, 0.29) is 18.3 Å². The number of anilines is 1. The summed E-state index contributed by atoms with van der Waals surface area (Å²) in [6.45, 7) is 4.13. The molecule has 0 aliphatic heterocycles. The molecule has 6 nitrogen and oxygen atoms in total. The number of hydrogen-bond donors (Lipinski definition) is 1. The first-order valence-electron chi connectivity index (χ1n) is 7.91. The molecule has 0 aliphatic rings. The van der Waals surface area contributed by atoms with Gasteiger partial charge >= 0.3 is 0 Å². The SMILES string of the molecule is Cc1nn(CC(=O)Nc2nn(Cc3c(Cl)cccc3Cl)cc2Cl)c(C)c1Br. The second-order valence-electron chi connectivity index (χ2n) is 5.91. The first-order chi connectivity index (χ1) is 12.8. The van der Waals surface area contributed by atoms with E-state index in [9.17, 15) is 4.79 Å². The van der Waals surface area contributed by atoms with Crippen LogP contribution < -0.4 is 5.32 Å². The van der Waals surface area contributed by atoms with Crippen LogP contribution in [0.1, 0.15) is 17.0 Å². The van der Waals surface area contributed by atoms with Crippen LogP contribution in [0.3, 0.4) is 0 Å². The summed E-state index contributed by atoms with van der Waals surface area (Å²) in [7, 11) is 0. The number of nitrogens with zero attached hydrogens (tertiary/aromatic N) is 4. The van der Waals surface area contributed by atoms with Crippen molar-refractivity contribution in [1.29, 1.82) is 0 Å². The molecule has 10 heteroatoms. The van der Waals surface area contributed by atoms with Gasteiger partial charge in [0.25, 0.3) is 0 Å². The van der Waals surface area contributed by atoms with Crippen LogP contribution in [0.2, 0.25) is 15.1 Å². The molecule has 1 aromatic carbocycles. The van der Waals surface area contributed by atoms with E-state index in [0.717, 1.165) is 21.4 Å². The molecule has 0 spiro atoms. The minimum atomic E-state index is -0.281. The van der Waals surface area contributed by atoms with Crippen molar-refractivity contribution >= 4 is 62.5 Å². The van der Waals surface area contributed by atoms with Gasteiger partial charge in [0.05, 0.1) is 22.4 Å². The summed E-state index contributed by atoms with van der Waals surface area (Å²) in [5.41, 5.74) is 2.41. The van der Waals surface area contributed by atoms with Crippen molar-refractivity contribution in [2.24, 2.45) is 0 Å². The van der Waals surface area contributed by atoms with Crippen molar-refractivity contribution in [1.82, 2.24) is 19.6 Å². The van der Waals surface area contributed by atoms with Crippen molar-refractivity contribution in [2.75, 3.05) is 5.32 Å². The van der Waals surface area contributed by atoms with Crippen LogP contribution in [0.25, 0.3) is 0 Å². The molecule has 0 saturated heterocycles. The number of halogens is 4. The lowest BCUT2D eigenvalue weighted by molar-refractivity contribution is -0.117. The van der Waals surface area contributed by atoms with Crippen molar-refractivity contribution in [2.45, 2.75) is 26.9 Å². The standard InChI is InChI=1S/C17H15BrCl3N5O/c1-9-16(18)10(2)26(23-9)8-15(27)22-17-14(21)7-25(24-17)6-11-12(19)4-3-5-13(11)20/h3-5,7H,6,8H2,1-2H3,(H,22,24,27). The lowest BCUT2D eigenvalue weighted by Crippen LogP contribution is -2.21. The molecule has 0 atom stereocenters. The minimum Gasteiger partial charge on any atom is -0.306 e. The van der Waals surface area contributed by atoms with Gasteiger partial charge in [0, 0.05) is 21.8 Å². The highest BCUT2D eigenvalue weighted by molar-refractivity contribution is 9.10. The van der Waals surface area contributed by atoms with Gasteiger partial charge in [-0.1, -0.05) is 40.9 Å². The summed E-state index contributed by atoms with van der Waals surface area (Å²) >= 11 is 22.0. The fourth-order valence-corrected chi connectivity index (χ4v) is 3.54. The maximum atomic E-state index is 12.3. The van der Waals surface area contributed by atoms with Gasteiger partial charge < -0.3 is 5.32 Å². The number of rotatable bonds is 5. The second kappa shape index (κ2) is 8.22. The van der Waals surface area contributed by atoms with Gasteiger partial charge in [-0.05, 0) is 41.9 Å². The lowest BCUT2D eigenvalue weighted by atomic mass is 10.2. The molecular formula is C17H15BrCl3N5O. The zero-order valence-corrected chi connectivity index (χ0v) is 18.3. The van der Waals surface area contributed by atoms with E-state index in [1.165, 1.54) is 0 Å². The quantitative estimate of drug-likeness (QED) is 0.540. The molecule has 0 radical (unpaired) electrons. The molecule has 0 saturated carbocycles. The molecule has 2 heterocycles. The third kappa shape index (κ3) is 4.48. The molecule has 142 valence electrons. The van der Waals surface area contributed by atoms with Gasteiger partial charge in [-0.3, -0.25) is 14.2 Å². The Morgan fingerprint density at radius 3 is 2.41 bits per heavy atom. The number of aryl methyl sites for hydroxylation is 1. The average molecular weight is 492 g/mol. The molecular weight excluding hydrogens is 476 g/mol. The van der Waals surface area contributed by atoms with Crippen molar-refractivity contribution < 1.29 is 4.79 Å². The summed E-state index contributed by atoms with van der Waals surface area (Å²) < 4.78 is 4.07.